The van der Waals surface area contributed by atoms with Crippen LogP contribution in [0.3, 0.4) is 0 Å². The molecule has 0 radical (unpaired) electrons. The first-order valence-corrected chi connectivity index (χ1v) is 9.41. The van der Waals surface area contributed by atoms with Crippen molar-refractivity contribution in [3.05, 3.63) is 30.5 Å². The van der Waals surface area contributed by atoms with Crippen LogP contribution < -0.4 is 0 Å². The molecular weight excluding hydrogens is 314 g/mol. The van der Waals surface area contributed by atoms with Crippen LogP contribution in [0, 0.1) is 6.92 Å². The lowest BCUT2D eigenvalue weighted by molar-refractivity contribution is 0.184. The van der Waals surface area contributed by atoms with Crippen LogP contribution in [-0.4, -0.2) is 44.1 Å². The maximum Gasteiger partial charge on any atom is 0.262 e. The highest BCUT2D eigenvalue weighted by atomic mass is 32.2. The van der Waals surface area contributed by atoms with Crippen LogP contribution in [0.2, 0.25) is 0 Å². The van der Waals surface area contributed by atoms with Crippen molar-refractivity contribution in [1.82, 2.24) is 23.6 Å². The molecule has 0 aliphatic carbocycles. The topological polar surface area (TPSA) is 73.0 Å². The molecule has 4 heterocycles. The van der Waals surface area contributed by atoms with Gasteiger partial charge in [0.25, 0.3) is 10.0 Å². The Morgan fingerprint density at radius 2 is 1.83 bits per heavy atom. The molecule has 2 aliphatic heterocycles. The highest BCUT2D eigenvalue weighted by Crippen LogP contribution is 2.43. The van der Waals surface area contributed by atoms with Gasteiger partial charge in [-0.2, -0.15) is 9.40 Å². The molecule has 2 unspecified atom stereocenters. The molecule has 2 atom stereocenters. The van der Waals surface area contributed by atoms with Crippen molar-refractivity contribution >= 4 is 10.0 Å². The highest BCUT2D eigenvalue weighted by molar-refractivity contribution is 7.89. The molecule has 2 aromatic heterocycles. The Bertz CT molecular complexity index is 811. The lowest BCUT2D eigenvalue weighted by atomic mass is 10.00. The van der Waals surface area contributed by atoms with E-state index in [1.54, 1.807) is 22.1 Å². The number of hydrogen-bond acceptors (Lipinski definition) is 4. The Hall–Kier alpha value is -1.67. The normalized spacial score (nSPS) is 28.3. The minimum Gasteiger partial charge on any atom is -0.339 e. The number of aryl methyl sites for hydroxylation is 2. The van der Waals surface area contributed by atoms with Gasteiger partial charge in [-0.1, -0.05) is 0 Å². The van der Waals surface area contributed by atoms with E-state index < -0.39 is 10.0 Å². The van der Waals surface area contributed by atoms with Crippen molar-refractivity contribution in [2.75, 3.05) is 0 Å². The summed E-state index contributed by atoms with van der Waals surface area (Å²) >= 11 is 0. The quantitative estimate of drug-likeness (QED) is 0.852. The summed E-state index contributed by atoms with van der Waals surface area (Å²) in [6.07, 6.45) is 10.5. The number of sulfonamides is 1. The summed E-state index contributed by atoms with van der Waals surface area (Å²) < 4.78 is 31.3. The van der Waals surface area contributed by atoms with E-state index in [4.69, 9.17) is 0 Å². The third-order valence-electron chi connectivity index (χ3n) is 4.97. The number of piperidine rings is 1. The number of imidazole rings is 1. The predicted octanol–water partition coefficient (Wildman–Crippen LogP) is 1.48. The van der Waals surface area contributed by atoms with E-state index in [-0.39, 0.29) is 23.2 Å². The Morgan fingerprint density at radius 3 is 2.35 bits per heavy atom. The Morgan fingerprint density at radius 1 is 1.13 bits per heavy atom. The third-order valence-corrected chi connectivity index (χ3v) is 6.86. The second kappa shape index (κ2) is 5.17. The minimum atomic E-state index is -3.51. The summed E-state index contributed by atoms with van der Waals surface area (Å²) in [7, 11) is -1.72. The summed E-state index contributed by atoms with van der Waals surface area (Å²) in [6.45, 7) is 2.03. The van der Waals surface area contributed by atoms with Crippen LogP contribution in [0.15, 0.2) is 29.9 Å². The molecule has 124 valence electrons. The van der Waals surface area contributed by atoms with Crippen molar-refractivity contribution in [2.45, 2.75) is 55.8 Å². The first kappa shape index (κ1) is 14.9. The van der Waals surface area contributed by atoms with Gasteiger partial charge in [0.15, 0.2) is 5.03 Å². The molecule has 2 aromatic rings. The number of rotatable bonds is 3. The van der Waals surface area contributed by atoms with Gasteiger partial charge in [0, 0.05) is 31.5 Å². The Balaban J connectivity index is 1.61. The summed E-state index contributed by atoms with van der Waals surface area (Å²) in [5, 5.41) is 4.58. The van der Waals surface area contributed by atoms with Gasteiger partial charge < -0.3 is 4.57 Å². The third kappa shape index (κ3) is 2.40. The zero-order valence-corrected chi connectivity index (χ0v) is 14.1. The second-order valence-corrected chi connectivity index (χ2v) is 8.51. The molecule has 2 fully saturated rings. The molecule has 4 rings (SSSR count). The van der Waals surface area contributed by atoms with Crippen molar-refractivity contribution in [3.8, 4) is 0 Å². The van der Waals surface area contributed by atoms with E-state index >= 15 is 0 Å². The van der Waals surface area contributed by atoms with Crippen molar-refractivity contribution < 1.29 is 8.42 Å². The van der Waals surface area contributed by atoms with Crippen LogP contribution in [0.4, 0.5) is 0 Å². The summed E-state index contributed by atoms with van der Waals surface area (Å²) in [5.74, 6) is 0. The van der Waals surface area contributed by atoms with Crippen molar-refractivity contribution in [2.24, 2.45) is 7.05 Å². The lowest BCUT2D eigenvalue weighted by Gasteiger charge is -2.37. The number of hydrogen-bond donors (Lipinski definition) is 0. The first-order valence-electron chi connectivity index (χ1n) is 7.97. The molecule has 2 aliphatic rings. The minimum absolute atomic E-state index is 0.0512. The molecule has 0 aromatic carbocycles. The largest absolute Gasteiger partial charge is 0.339 e. The van der Waals surface area contributed by atoms with E-state index in [2.05, 4.69) is 10.1 Å². The number of aromatic nitrogens is 4. The van der Waals surface area contributed by atoms with Crippen LogP contribution in [-0.2, 0) is 17.1 Å². The van der Waals surface area contributed by atoms with Gasteiger partial charge in [0.2, 0.25) is 0 Å². The number of fused-ring (bicyclic) bond motifs is 2. The van der Waals surface area contributed by atoms with Crippen molar-refractivity contribution in [3.63, 3.8) is 0 Å². The van der Waals surface area contributed by atoms with E-state index in [1.807, 2.05) is 24.0 Å². The monoisotopic (exact) mass is 335 g/mol. The maximum absolute atomic E-state index is 12.9. The smallest absolute Gasteiger partial charge is 0.262 e. The maximum atomic E-state index is 12.9. The second-order valence-electron chi connectivity index (χ2n) is 6.72. The molecule has 0 saturated carbocycles. The Labute approximate surface area is 136 Å². The standard InChI is InChI=1S/C15H21N5O2S/c1-11-7-17-19(8-11)14-5-12-3-4-13(6-14)20(12)23(21,22)15-9-18(2)10-16-15/h7-10,12-14H,3-6H2,1-2H3. The predicted molar refractivity (Wildman–Crippen MR) is 84.3 cm³/mol. The van der Waals surface area contributed by atoms with Gasteiger partial charge in [-0.25, -0.2) is 13.4 Å². The van der Waals surface area contributed by atoms with Crippen LogP contribution >= 0.6 is 0 Å². The summed E-state index contributed by atoms with van der Waals surface area (Å²) in [5.41, 5.74) is 1.14. The molecule has 23 heavy (non-hydrogen) atoms. The van der Waals surface area contributed by atoms with Crippen LogP contribution in [0.1, 0.15) is 37.3 Å². The summed E-state index contributed by atoms with van der Waals surface area (Å²) in [4.78, 5) is 4.06. The van der Waals surface area contributed by atoms with Crippen LogP contribution in [0.5, 0.6) is 0 Å². The van der Waals surface area contributed by atoms with E-state index in [1.165, 1.54) is 6.33 Å². The Kier molecular flexibility index (Phi) is 3.35. The number of nitrogens with zero attached hydrogens (tertiary/aromatic N) is 5. The molecule has 8 heteroatoms. The SMILES string of the molecule is Cc1cnn(C2CC3CCC(C2)N3S(=O)(=O)c2cn(C)cn2)c1. The highest BCUT2D eigenvalue weighted by Gasteiger charge is 2.48. The lowest BCUT2D eigenvalue weighted by Crippen LogP contribution is -2.47. The van der Waals surface area contributed by atoms with Gasteiger partial charge in [-0.3, -0.25) is 4.68 Å². The average molecular weight is 335 g/mol. The molecule has 0 spiro atoms. The fraction of sp³-hybridized carbons (Fsp3) is 0.600. The van der Waals surface area contributed by atoms with E-state index in [0.29, 0.717) is 0 Å². The van der Waals surface area contributed by atoms with Gasteiger partial charge in [-0.05, 0) is 38.2 Å². The average Bonchev–Trinajstić information content (AvgIpc) is 3.18. The fourth-order valence-electron chi connectivity index (χ4n) is 3.98. The molecule has 0 amide bonds. The van der Waals surface area contributed by atoms with Crippen LogP contribution in [0.25, 0.3) is 0 Å². The molecule has 2 bridgehead atoms. The van der Waals surface area contributed by atoms with Gasteiger partial charge in [-0.15, -0.1) is 0 Å². The zero-order valence-electron chi connectivity index (χ0n) is 13.3. The van der Waals surface area contributed by atoms with Gasteiger partial charge in [0.1, 0.15) is 0 Å². The molecule has 2 saturated heterocycles. The first-order chi connectivity index (χ1) is 10.9. The summed E-state index contributed by atoms with van der Waals surface area (Å²) in [6, 6.07) is 0.391. The fourth-order valence-corrected chi connectivity index (χ4v) is 5.84. The zero-order chi connectivity index (χ0) is 16.2. The van der Waals surface area contributed by atoms with Crippen molar-refractivity contribution in [1.29, 1.82) is 0 Å². The van der Waals surface area contributed by atoms with E-state index in [0.717, 1.165) is 31.2 Å². The van der Waals surface area contributed by atoms with Gasteiger partial charge >= 0.3 is 0 Å². The van der Waals surface area contributed by atoms with Gasteiger partial charge in [0.05, 0.1) is 18.6 Å². The van der Waals surface area contributed by atoms with E-state index in [9.17, 15) is 8.42 Å². The molecule has 7 nitrogen and oxygen atoms in total. The molecule has 0 N–H and O–H groups in total. The molecular formula is C15H21N5O2S.